The van der Waals surface area contributed by atoms with Gasteiger partial charge in [0.15, 0.2) is 5.60 Å². The van der Waals surface area contributed by atoms with E-state index in [0.717, 1.165) is 36.8 Å². The maximum Gasteiger partial charge on any atom is 0.409 e. The van der Waals surface area contributed by atoms with Crippen LogP contribution in [-0.4, -0.2) is 60.6 Å². The van der Waals surface area contributed by atoms with E-state index in [9.17, 15) is 14.4 Å². The molecule has 0 N–H and O–H groups in total. The van der Waals surface area contributed by atoms with Gasteiger partial charge in [0.05, 0.1) is 24.1 Å². The number of nitrogens with zero attached hydrogens (tertiary/aromatic N) is 2. The van der Waals surface area contributed by atoms with Crippen LogP contribution >= 0.6 is 0 Å². The molecule has 2 amide bonds. The molecular formula is C29H32N2O5. The number of carbonyl (C=O) groups is 3. The van der Waals surface area contributed by atoms with Crippen LogP contribution < -0.4 is 0 Å². The first-order valence-electron chi connectivity index (χ1n) is 13.1. The number of benzene rings is 2. The van der Waals surface area contributed by atoms with Gasteiger partial charge in [0.25, 0.3) is 0 Å². The van der Waals surface area contributed by atoms with Gasteiger partial charge in [-0.3, -0.25) is 4.79 Å². The summed E-state index contributed by atoms with van der Waals surface area (Å²) in [5.74, 6) is 0.270. The number of amides is 2. The Labute approximate surface area is 211 Å². The molecule has 7 heteroatoms. The first-order valence-corrected chi connectivity index (χ1v) is 13.1. The van der Waals surface area contributed by atoms with E-state index in [2.05, 4.69) is 24.3 Å². The number of ether oxygens (including phenoxy) is 2. The van der Waals surface area contributed by atoms with E-state index in [4.69, 9.17) is 9.47 Å². The highest BCUT2D eigenvalue weighted by molar-refractivity contribution is 5.96. The molecule has 1 saturated carbocycles. The van der Waals surface area contributed by atoms with Crippen LogP contribution in [0.4, 0.5) is 4.79 Å². The fourth-order valence-corrected chi connectivity index (χ4v) is 6.34. The van der Waals surface area contributed by atoms with Gasteiger partial charge in [-0.1, -0.05) is 42.5 Å². The number of carbonyl (C=O) groups excluding carboxylic acids is 3. The van der Waals surface area contributed by atoms with Crippen molar-refractivity contribution in [2.24, 2.45) is 0 Å². The monoisotopic (exact) mass is 488 g/mol. The molecule has 36 heavy (non-hydrogen) atoms. The second-order valence-corrected chi connectivity index (χ2v) is 10.6. The summed E-state index contributed by atoms with van der Waals surface area (Å²) in [6.07, 6.45) is 3.95. The lowest BCUT2D eigenvalue weighted by Crippen LogP contribution is -2.40. The molecule has 188 valence electrons. The van der Waals surface area contributed by atoms with E-state index in [0.29, 0.717) is 50.7 Å². The molecule has 7 nitrogen and oxygen atoms in total. The summed E-state index contributed by atoms with van der Waals surface area (Å²) in [7, 11) is 0. The minimum absolute atomic E-state index is 0.148. The highest BCUT2D eigenvalue weighted by atomic mass is 16.6. The van der Waals surface area contributed by atoms with E-state index in [-0.39, 0.29) is 18.0 Å². The number of rotatable bonds is 4. The predicted octanol–water partition coefficient (Wildman–Crippen LogP) is 4.35. The molecule has 3 aliphatic heterocycles. The van der Waals surface area contributed by atoms with Gasteiger partial charge in [0.1, 0.15) is 0 Å². The summed E-state index contributed by atoms with van der Waals surface area (Å²) in [6.45, 7) is 4.66. The molecule has 1 unspecified atom stereocenters. The van der Waals surface area contributed by atoms with Crippen LogP contribution in [0, 0.1) is 0 Å². The molecule has 1 spiro atoms. The standard InChI is InChI=1S/C29H32N2O5/c1-2-35-27(34)30-16-11-21(12-17-30)20-7-9-22(10-8-20)28(13-14-28)26(33)31-18-15-29(19-31)24-6-4-3-5-23(24)25(32)36-29/h3-10,21H,2,11-19H2,1H3. The van der Waals surface area contributed by atoms with Crippen LogP contribution in [0.1, 0.15) is 72.0 Å². The molecule has 3 fully saturated rings. The zero-order chi connectivity index (χ0) is 24.9. The Bertz CT molecular complexity index is 1200. The van der Waals surface area contributed by atoms with Crippen LogP contribution in [0.15, 0.2) is 48.5 Å². The van der Waals surface area contributed by atoms with Gasteiger partial charge in [-0.05, 0) is 55.7 Å². The Morgan fingerprint density at radius 2 is 1.69 bits per heavy atom. The third kappa shape index (κ3) is 3.67. The van der Waals surface area contributed by atoms with Gasteiger partial charge >= 0.3 is 12.1 Å². The van der Waals surface area contributed by atoms with Gasteiger partial charge in [-0.25, -0.2) is 9.59 Å². The molecule has 2 saturated heterocycles. The highest BCUT2D eigenvalue weighted by Gasteiger charge is 2.57. The SMILES string of the molecule is CCOC(=O)N1CCC(c2ccc(C3(C(=O)N4CCC5(C4)OC(=O)c4ccccc45)CC3)cc2)CC1. The average Bonchev–Trinajstić information content (AvgIpc) is 3.54. The zero-order valence-electron chi connectivity index (χ0n) is 20.7. The Morgan fingerprint density at radius 1 is 0.972 bits per heavy atom. The molecule has 0 radical (unpaired) electrons. The van der Waals surface area contributed by atoms with Crippen molar-refractivity contribution in [3.63, 3.8) is 0 Å². The highest BCUT2D eigenvalue weighted by Crippen LogP contribution is 2.52. The minimum Gasteiger partial charge on any atom is -0.450 e. The normalized spacial score (nSPS) is 24.5. The largest absolute Gasteiger partial charge is 0.450 e. The molecule has 4 aliphatic rings. The van der Waals surface area contributed by atoms with E-state index in [1.807, 2.05) is 36.1 Å². The van der Waals surface area contributed by atoms with Crippen molar-refractivity contribution in [3.05, 3.63) is 70.8 Å². The van der Waals surface area contributed by atoms with Crippen molar-refractivity contribution in [3.8, 4) is 0 Å². The van der Waals surface area contributed by atoms with Crippen LogP contribution in [-0.2, 0) is 25.3 Å². The van der Waals surface area contributed by atoms with E-state index < -0.39 is 11.0 Å². The summed E-state index contributed by atoms with van der Waals surface area (Å²) >= 11 is 0. The van der Waals surface area contributed by atoms with Crippen molar-refractivity contribution < 1.29 is 23.9 Å². The maximum atomic E-state index is 13.7. The number of hydrogen-bond acceptors (Lipinski definition) is 5. The second-order valence-electron chi connectivity index (χ2n) is 10.6. The Hall–Kier alpha value is -3.35. The van der Waals surface area contributed by atoms with Crippen molar-refractivity contribution >= 4 is 18.0 Å². The second kappa shape index (κ2) is 8.64. The first kappa shape index (κ1) is 23.1. The smallest absolute Gasteiger partial charge is 0.409 e. The van der Waals surface area contributed by atoms with Gasteiger partial charge < -0.3 is 19.3 Å². The minimum atomic E-state index is -0.707. The van der Waals surface area contributed by atoms with Gasteiger partial charge in [0, 0.05) is 31.6 Å². The van der Waals surface area contributed by atoms with Crippen LogP contribution in [0.25, 0.3) is 0 Å². The van der Waals surface area contributed by atoms with Crippen molar-refractivity contribution in [1.82, 2.24) is 9.80 Å². The molecule has 1 atom stereocenters. The average molecular weight is 489 g/mol. The Morgan fingerprint density at radius 3 is 2.39 bits per heavy atom. The van der Waals surface area contributed by atoms with Crippen LogP contribution in [0.5, 0.6) is 0 Å². The summed E-state index contributed by atoms with van der Waals surface area (Å²) in [4.78, 5) is 41.8. The fourth-order valence-electron chi connectivity index (χ4n) is 6.34. The molecule has 1 aliphatic carbocycles. The quantitative estimate of drug-likeness (QED) is 0.598. The van der Waals surface area contributed by atoms with E-state index in [1.54, 1.807) is 4.90 Å². The number of likely N-dealkylation sites (tertiary alicyclic amines) is 2. The summed E-state index contributed by atoms with van der Waals surface area (Å²) in [5.41, 5.74) is 2.71. The van der Waals surface area contributed by atoms with Crippen molar-refractivity contribution in [2.45, 2.75) is 56.0 Å². The van der Waals surface area contributed by atoms with E-state index in [1.165, 1.54) is 5.56 Å². The summed E-state index contributed by atoms with van der Waals surface area (Å²) < 4.78 is 11.0. The molecule has 2 aromatic rings. The summed E-state index contributed by atoms with van der Waals surface area (Å²) in [5, 5.41) is 0. The maximum absolute atomic E-state index is 13.7. The number of fused-ring (bicyclic) bond motifs is 2. The Balaban J connectivity index is 1.13. The summed E-state index contributed by atoms with van der Waals surface area (Å²) in [6, 6.07) is 16.1. The lowest BCUT2D eigenvalue weighted by atomic mass is 9.86. The molecule has 0 aromatic heterocycles. The number of hydrogen-bond donors (Lipinski definition) is 0. The number of esters is 1. The third-order valence-corrected chi connectivity index (χ3v) is 8.56. The molecule has 6 rings (SSSR count). The van der Waals surface area contributed by atoms with Gasteiger partial charge in [-0.2, -0.15) is 0 Å². The molecular weight excluding hydrogens is 456 g/mol. The van der Waals surface area contributed by atoms with Crippen LogP contribution in [0.3, 0.4) is 0 Å². The third-order valence-electron chi connectivity index (χ3n) is 8.56. The fraction of sp³-hybridized carbons (Fsp3) is 0.483. The zero-order valence-corrected chi connectivity index (χ0v) is 20.7. The topological polar surface area (TPSA) is 76.2 Å². The predicted molar refractivity (Wildman–Crippen MR) is 133 cm³/mol. The lowest BCUT2D eigenvalue weighted by molar-refractivity contribution is -0.134. The van der Waals surface area contributed by atoms with E-state index >= 15 is 0 Å². The molecule has 3 heterocycles. The Kier molecular flexibility index (Phi) is 5.54. The number of piperidine rings is 1. The first-order chi connectivity index (χ1) is 17.5. The van der Waals surface area contributed by atoms with Gasteiger partial charge in [-0.15, -0.1) is 0 Å². The van der Waals surface area contributed by atoms with Crippen LogP contribution in [0.2, 0.25) is 0 Å². The lowest BCUT2D eigenvalue weighted by Gasteiger charge is -2.31. The van der Waals surface area contributed by atoms with Crippen molar-refractivity contribution in [1.29, 1.82) is 0 Å². The van der Waals surface area contributed by atoms with Gasteiger partial charge in [0.2, 0.25) is 5.91 Å². The molecule has 2 aromatic carbocycles. The van der Waals surface area contributed by atoms with Crippen molar-refractivity contribution in [2.75, 3.05) is 32.8 Å². The molecule has 0 bridgehead atoms.